The first-order valence-corrected chi connectivity index (χ1v) is 8.02. The molecule has 132 valence electrons. The Kier molecular flexibility index (Phi) is 6.00. The van der Waals surface area contributed by atoms with Crippen molar-refractivity contribution in [3.05, 3.63) is 59.7 Å². The van der Waals surface area contributed by atoms with Gasteiger partial charge in [0.15, 0.2) is 0 Å². The van der Waals surface area contributed by atoms with Gasteiger partial charge in [-0.25, -0.2) is 4.79 Å². The lowest BCUT2D eigenvalue weighted by molar-refractivity contribution is 0.1000. The largest absolute Gasteiger partial charge is 0.489 e. The number of urea groups is 1. The number of amides is 3. The predicted molar refractivity (Wildman–Crippen MR) is 97.8 cm³/mol. The van der Waals surface area contributed by atoms with E-state index in [2.05, 4.69) is 5.32 Å². The zero-order valence-corrected chi connectivity index (χ0v) is 14.7. The number of nitrogens with zero attached hydrogens (tertiary/aromatic N) is 1. The summed E-state index contributed by atoms with van der Waals surface area (Å²) in [6.07, 6.45) is 0. The van der Waals surface area contributed by atoms with Crippen molar-refractivity contribution in [2.45, 2.75) is 26.5 Å². The second kappa shape index (κ2) is 8.19. The van der Waals surface area contributed by atoms with Crippen LogP contribution >= 0.6 is 0 Å². The first-order chi connectivity index (χ1) is 11.9. The fourth-order valence-electron chi connectivity index (χ4n) is 2.21. The second-order valence-corrected chi connectivity index (χ2v) is 6.01. The maximum absolute atomic E-state index is 12.0. The zero-order chi connectivity index (χ0) is 18.4. The van der Waals surface area contributed by atoms with E-state index in [0.717, 1.165) is 11.3 Å². The second-order valence-electron chi connectivity index (χ2n) is 6.01. The van der Waals surface area contributed by atoms with Gasteiger partial charge in [0.2, 0.25) is 5.91 Å². The van der Waals surface area contributed by atoms with Crippen LogP contribution in [0.1, 0.15) is 29.8 Å². The van der Waals surface area contributed by atoms with E-state index in [1.807, 2.05) is 32.0 Å². The molecule has 3 N–H and O–H groups in total. The topological polar surface area (TPSA) is 84.7 Å². The molecule has 0 unspecified atom stereocenters. The van der Waals surface area contributed by atoms with E-state index in [1.165, 1.54) is 0 Å². The molecule has 2 rings (SSSR count). The molecule has 2 aromatic carbocycles. The first kappa shape index (κ1) is 18.3. The van der Waals surface area contributed by atoms with Gasteiger partial charge in [-0.2, -0.15) is 0 Å². The highest BCUT2D eigenvalue weighted by molar-refractivity contribution is 5.93. The SMILES string of the molecule is CC(C)NC(=O)N(C)c1ccc(OCc2cccc(C(N)=O)c2)cc1. The standard InChI is InChI=1S/C19H23N3O3/c1-13(2)21-19(24)22(3)16-7-9-17(10-8-16)25-12-14-5-4-6-15(11-14)18(20)23/h4-11,13H,12H2,1-3H3,(H2,20,23)(H,21,24). The van der Waals surface area contributed by atoms with Gasteiger partial charge in [0.1, 0.15) is 12.4 Å². The van der Waals surface area contributed by atoms with E-state index in [0.29, 0.717) is 17.9 Å². The van der Waals surface area contributed by atoms with E-state index >= 15 is 0 Å². The molecular weight excluding hydrogens is 318 g/mol. The van der Waals surface area contributed by atoms with E-state index < -0.39 is 5.91 Å². The van der Waals surface area contributed by atoms with Gasteiger partial charge in [-0.1, -0.05) is 12.1 Å². The van der Waals surface area contributed by atoms with Crippen molar-refractivity contribution in [2.75, 3.05) is 11.9 Å². The molecule has 0 saturated carbocycles. The van der Waals surface area contributed by atoms with Crippen LogP contribution in [-0.2, 0) is 6.61 Å². The number of rotatable bonds is 6. The Morgan fingerprint density at radius 3 is 2.44 bits per heavy atom. The highest BCUT2D eigenvalue weighted by atomic mass is 16.5. The maximum atomic E-state index is 12.0. The normalized spacial score (nSPS) is 10.4. The van der Waals surface area contributed by atoms with Crippen molar-refractivity contribution < 1.29 is 14.3 Å². The average molecular weight is 341 g/mol. The number of carbonyl (C=O) groups excluding carboxylic acids is 2. The molecule has 0 bridgehead atoms. The molecule has 25 heavy (non-hydrogen) atoms. The minimum Gasteiger partial charge on any atom is -0.489 e. The lowest BCUT2D eigenvalue weighted by Gasteiger charge is -2.20. The molecule has 0 aromatic heterocycles. The van der Waals surface area contributed by atoms with Gasteiger partial charge < -0.3 is 15.8 Å². The minimum atomic E-state index is -0.464. The quantitative estimate of drug-likeness (QED) is 0.847. The number of hydrogen-bond acceptors (Lipinski definition) is 3. The number of ether oxygens (including phenoxy) is 1. The number of carbonyl (C=O) groups is 2. The first-order valence-electron chi connectivity index (χ1n) is 8.02. The molecule has 0 atom stereocenters. The summed E-state index contributed by atoms with van der Waals surface area (Å²) in [7, 11) is 1.71. The van der Waals surface area contributed by atoms with Gasteiger partial charge in [0.05, 0.1) is 0 Å². The van der Waals surface area contributed by atoms with Gasteiger partial charge in [-0.3, -0.25) is 9.69 Å². The Morgan fingerprint density at radius 2 is 1.84 bits per heavy atom. The van der Waals surface area contributed by atoms with Crippen molar-refractivity contribution in [1.82, 2.24) is 5.32 Å². The molecule has 0 aliphatic heterocycles. The van der Waals surface area contributed by atoms with Crippen molar-refractivity contribution in [1.29, 1.82) is 0 Å². The Bertz CT molecular complexity index is 742. The third kappa shape index (κ3) is 5.24. The van der Waals surface area contributed by atoms with Gasteiger partial charge in [-0.15, -0.1) is 0 Å². The van der Waals surface area contributed by atoms with Crippen LogP contribution < -0.4 is 20.7 Å². The third-order valence-electron chi connectivity index (χ3n) is 3.56. The summed E-state index contributed by atoms with van der Waals surface area (Å²) in [6.45, 7) is 4.15. The summed E-state index contributed by atoms with van der Waals surface area (Å²) in [5.74, 6) is 0.208. The lowest BCUT2D eigenvalue weighted by atomic mass is 10.1. The highest BCUT2D eigenvalue weighted by Gasteiger charge is 2.11. The Balaban J connectivity index is 1.97. The van der Waals surface area contributed by atoms with Crippen LogP contribution in [0.3, 0.4) is 0 Å². The molecule has 3 amide bonds. The van der Waals surface area contributed by atoms with E-state index in [9.17, 15) is 9.59 Å². The van der Waals surface area contributed by atoms with Gasteiger partial charge >= 0.3 is 6.03 Å². The molecule has 0 heterocycles. The van der Waals surface area contributed by atoms with Crippen LogP contribution in [0.2, 0.25) is 0 Å². The fourth-order valence-corrected chi connectivity index (χ4v) is 2.21. The minimum absolute atomic E-state index is 0.0775. The summed E-state index contributed by atoms with van der Waals surface area (Å²) >= 11 is 0. The summed E-state index contributed by atoms with van der Waals surface area (Å²) in [6, 6.07) is 14.2. The van der Waals surface area contributed by atoms with E-state index in [-0.39, 0.29) is 12.1 Å². The highest BCUT2D eigenvalue weighted by Crippen LogP contribution is 2.20. The molecular formula is C19H23N3O3. The lowest BCUT2D eigenvalue weighted by Crippen LogP contribution is -2.40. The van der Waals surface area contributed by atoms with Crippen LogP contribution in [0.25, 0.3) is 0 Å². The molecule has 0 fully saturated rings. The van der Waals surface area contributed by atoms with Gasteiger partial charge in [0.25, 0.3) is 0 Å². The monoisotopic (exact) mass is 341 g/mol. The summed E-state index contributed by atoms with van der Waals surface area (Å²) in [5.41, 5.74) is 7.35. The molecule has 0 saturated heterocycles. The number of nitrogens with one attached hydrogen (secondary N) is 1. The predicted octanol–water partition coefficient (Wildman–Crippen LogP) is 2.92. The number of nitrogens with two attached hydrogens (primary N) is 1. The summed E-state index contributed by atoms with van der Waals surface area (Å²) < 4.78 is 5.72. The molecule has 0 aliphatic rings. The number of hydrogen-bond donors (Lipinski definition) is 2. The van der Waals surface area contributed by atoms with Crippen LogP contribution in [0.15, 0.2) is 48.5 Å². The summed E-state index contributed by atoms with van der Waals surface area (Å²) in [5, 5.41) is 2.83. The zero-order valence-electron chi connectivity index (χ0n) is 14.7. The van der Waals surface area contributed by atoms with Crippen molar-refractivity contribution in [2.24, 2.45) is 5.73 Å². The number of anilines is 1. The smallest absolute Gasteiger partial charge is 0.321 e. The molecule has 0 radical (unpaired) electrons. The Hall–Kier alpha value is -3.02. The van der Waals surface area contributed by atoms with Crippen LogP contribution in [0, 0.1) is 0 Å². The molecule has 6 nitrogen and oxygen atoms in total. The third-order valence-corrected chi connectivity index (χ3v) is 3.56. The van der Waals surface area contributed by atoms with Crippen LogP contribution in [-0.4, -0.2) is 25.0 Å². The molecule has 2 aromatic rings. The molecule has 0 spiro atoms. The van der Waals surface area contributed by atoms with E-state index in [1.54, 1.807) is 42.3 Å². The Morgan fingerprint density at radius 1 is 1.16 bits per heavy atom. The van der Waals surface area contributed by atoms with E-state index in [4.69, 9.17) is 10.5 Å². The Labute approximate surface area is 147 Å². The van der Waals surface area contributed by atoms with Crippen molar-refractivity contribution in [3.63, 3.8) is 0 Å². The number of primary amides is 1. The maximum Gasteiger partial charge on any atom is 0.321 e. The van der Waals surface area contributed by atoms with Crippen LogP contribution in [0.4, 0.5) is 10.5 Å². The van der Waals surface area contributed by atoms with Crippen LogP contribution in [0.5, 0.6) is 5.75 Å². The van der Waals surface area contributed by atoms with Gasteiger partial charge in [0, 0.05) is 24.3 Å². The number of benzene rings is 2. The van der Waals surface area contributed by atoms with Crippen molar-refractivity contribution in [3.8, 4) is 5.75 Å². The fraction of sp³-hybridized carbons (Fsp3) is 0.263. The van der Waals surface area contributed by atoms with Crippen molar-refractivity contribution >= 4 is 17.6 Å². The summed E-state index contributed by atoms with van der Waals surface area (Å²) in [4.78, 5) is 24.7. The molecule has 0 aliphatic carbocycles. The van der Waals surface area contributed by atoms with Gasteiger partial charge in [-0.05, 0) is 55.8 Å². The molecule has 6 heteroatoms. The average Bonchev–Trinajstić information content (AvgIpc) is 2.59.